The molecule has 2 unspecified atom stereocenters. The van der Waals surface area contributed by atoms with Gasteiger partial charge in [0.05, 0.1) is 10.7 Å². The molecule has 4 rings (SSSR count). The summed E-state index contributed by atoms with van der Waals surface area (Å²) < 4.78 is 5.72. The van der Waals surface area contributed by atoms with Gasteiger partial charge < -0.3 is 15.4 Å². The highest BCUT2D eigenvalue weighted by atomic mass is 35.5. The number of halogens is 1. The summed E-state index contributed by atoms with van der Waals surface area (Å²) in [5.41, 5.74) is 1.54. The Morgan fingerprint density at radius 1 is 1.22 bits per heavy atom. The lowest BCUT2D eigenvalue weighted by Gasteiger charge is -2.28. The van der Waals surface area contributed by atoms with Crippen molar-refractivity contribution in [2.45, 2.75) is 50.8 Å². The summed E-state index contributed by atoms with van der Waals surface area (Å²) in [6.45, 7) is 0.352. The van der Waals surface area contributed by atoms with Crippen LogP contribution in [-0.4, -0.2) is 23.0 Å². The second-order valence-corrected chi connectivity index (χ2v) is 7.89. The van der Waals surface area contributed by atoms with Crippen molar-refractivity contribution in [3.05, 3.63) is 53.3 Å². The minimum absolute atomic E-state index is 0.0551. The van der Waals surface area contributed by atoms with Crippen molar-refractivity contribution in [1.82, 2.24) is 10.3 Å². The average molecular weight is 386 g/mol. The Bertz CT molecular complexity index is 787. The normalized spacial score (nSPS) is 23.8. The molecule has 2 fully saturated rings. The molecular formula is C21H24ClN3O2. The van der Waals surface area contributed by atoms with Crippen molar-refractivity contribution in [2.24, 2.45) is 5.92 Å². The second-order valence-electron chi connectivity index (χ2n) is 7.48. The number of carbonyl (C=O) groups excluding carboxylic acids is 1. The molecule has 0 aliphatic carbocycles. The van der Waals surface area contributed by atoms with Crippen LogP contribution in [0, 0.1) is 5.92 Å². The molecule has 2 aromatic rings. The van der Waals surface area contributed by atoms with Gasteiger partial charge in [-0.25, -0.2) is 0 Å². The van der Waals surface area contributed by atoms with Gasteiger partial charge in [0.15, 0.2) is 0 Å². The number of pyridine rings is 1. The third-order valence-electron chi connectivity index (χ3n) is 5.36. The van der Waals surface area contributed by atoms with Crippen molar-refractivity contribution in [3.8, 4) is 5.75 Å². The molecule has 0 spiro atoms. The lowest BCUT2D eigenvalue weighted by molar-refractivity contribution is -0.117. The summed E-state index contributed by atoms with van der Waals surface area (Å²) in [6, 6.07) is 12.2. The van der Waals surface area contributed by atoms with Crippen LogP contribution in [0.1, 0.15) is 37.8 Å². The number of rotatable bonds is 6. The molecule has 6 heteroatoms. The Hall–Kier alpha value is -2.11. The predicted molar refractivity (Wildman–Crippen MR) is 106 cm³/mol. The van der Waals surface area contributed by atoms with Gasteiger partial charge in [-0.15, -0.1) is 0 Å². The molecule has 0 radical (unpaired) electrons. The quantitative estimate of drug-likeness (QED) is 0.783. The molecule has 2 N–H and O–H groups in total. The second kappa shape index (κ2) is 8.28. The maximum atomic E-state index is 12.4. The molecule has 142 valence electrons. The fourth-order valence-electron chi connectivity index (χ4n) is 4.15. The van der Waals surface area contributed by atoms with Crippen LogP contribution in [0.2, 0.25) is 5.02 Å². The first-order valence-electron chi connectivity index (χ1n) is 9.54. The third kappa shape index (κ3) is 4.79. The number of fused-ring (bicyclic) bond motifs is 2. The molecule has 3 heterocycles. The van der Waals surface area contributed by atoms with E-state index in [0.29, 0.717) is 47.5 Å². The van der Waals surface area contributed by atoms with Crippen molar-refractivity contribution < 1.29 is 9.53 Å². The van der Waals surface area contributed by atoms with E-state index in [-0.39, 0.29) is 5.91 Å². The van der Waals surface area contributed by atoms with E-state index in [9.17, 15) is 4.79 Å². The molecule has 2 aliphatic heterocycles. The van der Waals surface area contributed by atoms with Gasteiger partial charge in [-0.05, 0) is 61.9 Å². The summed E-state index contributed by atoms with van der Waals surface area (Å²) in [5.74, 6) is 1.11. The molecule has 2 saturated heterocycles. The Morgan fingerprint density at radius 3 is 2.74 bits per heavy atom. The smallest absolute Gasteiger partial charge is 0.224 e. The summed E-state index contributed by atoms with van der Waals surface area (Å²) in [7, 11) is 0. The summed E-state index contributed by atoms with van der Waals surface area (Å²) in [4.78, 5) is 16.6. The van der Waals surface area contributed by atoms with Crippen LogP contribution in [0.5, 0.6) is 5.75 Å². The number of amides is 1. The molecule has 1 aromatic carbocycles. The van der Waals surface area contributed by atoms with Gasteiger partial charge in [0, 0.05) is 30.4 Å². The van der Waals surface area contributed by atoms with Gasteiger partial charge in [-0.1, -0.05) is 17.7 Å². The molecule has 5 nitrogen and oxygen atoms in total. The summed E-state index contributed by atoms with van der Waals surface area (Å²) >= 11 is 6.31. The van der Waals surface area contributed by atoms with Gasteiger partial charge in [0.1, 0.15) is 12.4 Å². The highest BCUT2D eigenvalue weighted by Crippen LogP contribution is 2.33. The van der Waals surface area contributed by atoms with Crippen molar-refractivity contribution in [2.75, 3.05) is 5.32 Å². The molecule has 2 aliphatic rings. The van der Waals surface area contributed by atoms with Gasteiger partial charge in [-0.2, -0.15) is 0 Å². The molecule has 2 bridgehead atoms. The lowest BCUT2D eigenvalue weighted by atomic mass is 9.89. The number of anilines is 1. The van der Waals surface area contributed by atoms with Gasteiger partial charge >= 0.3 is 0 Å². The van der Waals surface area contributed by atoms with Crippen LogP contribution >= 0.6 is 11.6 Å². The number of hydrogen-bond acceptors (Lipinski definition) is 4. The topological polar surface area (TPSA) is 63.2 Å². The van der Waals surface area contributed by atoms with Crippen LogP contribution in [0.25, 0.3) is 0 Å². The predicted octanol–water partition coefficient (Wildman–Crippen LogP) is 4.17. The van der Waals surface area contributed by atoms with E-state index < -0.39 is 0 Å². The first kappa shape index (κ1) is 18.3. The highest BCUT2D eigenvalue weighted by Gasteiger charge is 2.34. The van der Waals surface area contributed by atoms with Gasteiger partial charge in [-0.3, -0.25) is 9.78 Å². The van der Waals surface area contributed by atoms with E-state index in [1.54, 1.807) is 18.3 Å². The van der Waals surface area contributed by atoms with Crippen LogP contribution in [0.4, 0.5) is 5.69 Å². The number of nitrogens with zero attached hydrogens (tertiary/aromatic N) is 1. The number of aromatic nitrogens is 1. The standard InChI is InChI=1S/C21H24ClN3O2/c22-19-12-17(6-7-20(19)27-13-18-3-1-2-8-23-18)25-21(26)11-14-9-15-4-5-16(10-14)24-15/h1-3,6-8,12,14-16,24H,4-5,9-11,13H2,(H,25,26). The number of hydrogen-bond donors (Lipinski definition) is 2. The number of piperidine rings is 1. The monoisotopic (exact) mass is 385 g/mol. The zero-order chi connectivity index (χ0) is 18.6. The number of nitrogens with one attached hydrogen (secondary N) is 2. The highest BCUT2D eigenvalue weighted by molar-refractivity contribution is 6.32. The van der Waals surface area contributed by atoms with Crippen molar-refractivity contribution >= 4 is 23.2 Å². The van der Waals surface area contributed by atoms with Crippen LogP contribution in [0.3, 0.4) is 0 Å². The summed E-state index contributed by atoms with van der Waals surface area (Å²) in [6.07, 6.45) is 7.00. The summed E-state index contributed by atoms with van der Waals surface area (Å²) in [5, 5.41) is 7.06. The van der Waals surface area contributed by atoms with Crippen LogP contribution in [-0.2, 0) is 11.4 Å². The minimum Gasteiger partial charge on any atom is -0.486 e. The zero-order valence-corrected chi connectivity index (χ0v) is 15.9. The third-order valence-corrected chi connectivity index (χ3v) is 5.66. The van der Waals surface area contributed by atoms with E-state index in [0.717, 1.165) is 18.5 Å². The number of ether oxygens (including phenoxy) is 1. The molecule has 1 amide bonds. The largest absolute Gasteiger partial charge is 0.486 e. The zero-order valence-electron chi connectivity index (χ0n) is 15.2. The van der Waals surface area contributed by atoms with E-state index in [1.807, 2.05) is 24.3 Å². The molecule has 27 heavy (non-hydrogen) atoms. The average Bonchev–Trinajstić information content (AvgIpc) is 3.00. The number of benzene rings is 1. The van der Waals surface area contributed by atoms with Crippen molar-refractivity contribution in [3.63, 3.8) is 0 Å². The maximum Gasteiger partial charge on any atom is 0.224 e. The number of carbonyl (C=O) groups is 1. The van der Waals surface area contributed by atoms with E-state index in [4.69, 9.17) is 16.3 Å². The first-order valence-corrected chi connectivity index (χ1v) is 9.91. The van der Waals surface area contributed by atoms with E-state index in [1.165, 1.54) is 12.8 Å². The van der Waals surface area contributed by atoms with Gasteiger partial charge in [0.2, 0.25) is 5.91 Å². The first-order chi connectivity index (χ1) is 13.2. The molecule has 0 saturated carbocycles. The van der Waals surface area contributed by atoms with E-state index in [2.05, 4.69) is 15.6 Å². The Labute approximate surface area is 164 Å². The Balaban J connectivity index is 1.30. The van der Waals surface area contributed by atoms with Crippen LogP contribution in [0.15, 0.2) is 42.6 Å². The Morgan fingerprint density at radius 2 is 2.04 bits per heavy atom. The van der Waals surface area contributed by atoms with Crippen LogP contribution < -0.4 is 15.4 Å². The van der Waals surface area contributed by atoms with Crippen molar-refractivity contribution in [1.29, 1.82) is 0 Å². The molecule has 1 aromatic heterocycles. The van der Waals surface area contributed by atoms with Gasteiger partial charge in [0.25, 0.3) is 0 Å². The fraction of sp³-hybridized carbons (Fsp3) is 0.429. The molecular weight excluding hydrogens is 362 g/mol. The fourth-order valence-corrected chi connectivity index (χ4v) is 4.38. The van der Waals surface area contributed by atoms with E-state index >= 15 is 0 Å². The molecule has 2 atom stereocenters. The minimum atomic E-state index is 0.0551. The lowest BCUT2D eigenvalue weighted by Crippen LogP contribution is -2.39. The SMILES string of the molecule is O=C(CC1CC2CCC(C1)N2)Nc1ccc(OCc2ccccn2)c(Cl)c1. The Kier molecular flexibility index (Phi) is 5.60. The maximum absolute atomic E-state index is 12.4.